The number of esters is 1. The molecule has 0 unspecified atom stereocenters. The topological polar surface area (TPSA) is 94.2 Å². The number of piperidine rings is 1. The predicted molar refractivity (Wildman–Crippen MR) is 105 cm³/mol. The van der Waals surface area contributed by atoms with Gasteiger partial charge in [-0.15, -0.1) is 0 Å². The maximum Gasteiger partial charge on any atom is 0.407 e. The third kappa shape index (κ3) is 11.1. The van der Waals surface area contributed by atoms with Gasteiger partial charge in [0, 0.05) is 25.0 Å². The van der Waals surface area contributed by atoms with Crippen molar-refractivity contribution in [2.45, 2.75) is 84.5 Å². The second kappa shape index (κ2) is 10.6. The van der Waals surface area contributed by atoms with Crippen LogP contribution in [0.25, 0.3) is 0 Å². The first kappa shape index (κ1) is 24.2. The van der Waals surface area contributed by atoms with Crippen molar-refractivity contribution < 1.29 is 28.6 Å². The van der Waals surface area contributed by atoms with Gasteiger partial charge in [-0.2, -0.15) is 0 Å². The van der Waals surface area contributed by atoms with Crippen LogP contribution in [0.4, 0.5) is 4.79 Å². The number of hydrogen-bond donors (Lipinski definition) is 1. The van der Waals surface area contributed by atoms with E-state index in [1.807, 2.05) is 41.5 Å². The average molecular weight is 401 g/mol. The Hall–Kier alpha value is -1.83. The lowest BCUT2D eigenvalue weighted by Gasteiger charge is -2.32. The first-order chi connectivity index (χ1) is 12.9. The van der Waals surface area contributed by atoms with E-state index in [4.69, 9.17) is 14.2 Å². The van der Waals surface area contributed by atoms with Gasteiger partial charge in [0.2, 0.25) is 5.91 Å². The maximum absolute atomic E-state index is 12.3. The van der Waals surface area contributed by atoms with Gasteiger partial charge in [-0.25, -0.2) is 9.59 Å². The van der Waals surface area contributed by atoms with Gasteiger partial charge in [-0.05, 0) is 60.8 Å². The quantitative estimate of drug-likeness (QED) is 0.521. The molecule has 0 radical (unpaired) electrons. The minimum absolute atomic E-state index is 0.0407. The van der Waals surface area contributed by atoms with Crippen LogP contribution in [0.2, 0.25) is 0 Å². The molecule has 1 aliphatic rings. The number of hydrogen-bond acceptors (Lipinski definition) is 6. The van der Waals surface area contributed by atoms with Crippen molar-refractivity contribution in [3.05, 3.63) is 0 Å². The van der Waals surface area contributed by atoms with Gasteiger partial charge in [0.15, 0.2) is 0 Å². The number of nitrogens with zero attached hydrogens (tertiary/aromatic N) is 1. The van der Waals surface area contributed by atoms with Crippen LogP contribution in [0, 0.1) is 0 Å². The smallest absolute Gasteiger partial charge is 0.407 e. The Morgan fingerprint density at radius 1 is 1.04 bits per heavy atom. The van der Waals surface area contributed by atoms with Crippen molar-refractivity contribution >= 4 is 18.0 Å². The van der Waals surface area contributed by atoms with E-state index >= 15 is 0 Å². The average Bonchev–Trinajstić information content (AvgIpc) is 2.54. The molecule has 0 aromatic carbocycles. The Kier molecular flexibility index (Phi) is 9.20. The summed E-state index contributed by atoms with van der Waals surface area (Å²) in [5, 5.41) is 2.70. The van der Waals surface area contributed by atoms with Crippen LogP contribution >= 0.6 is 0 Å². The van der Waals surface area contributed by atoms with Crippen molar-refractivity contribution in [3.8, 4) is 0 Å². The van der Waals surface area contributed by atoms with E-state index in [-0.39, 0.29) is 36.7 Å². The largest absolute Gasteiger partial charge is 0.458 e. The summed E-state index contributed by atoms with van der Waals surface area (Å²) >= 11 is 0. The van der Waals surface area contributed by atoms with E-state index in [1.54, 1.807) is 4.90 Å². The lowest BCUT2D eigenvalue weighted by Crippen LogP contribution is -2.42. The summed E-state index contributed by atoms with van der Waals surface area (Å²) in [6.45, 7) is 12.4. The zero-order valence-corrected chi connectivity index (χ0v) is 18.1. The second-order valence-electron chi connectivity index (χ2n) is 9.09. The number of alkyl carbamates (subject to hydrolysis) is 1. The summed E-state index contributed by atoms with van der Waals surface area (Å²) < 4.78 is 15.9. The normalized spacial score (nSPS) is 15.9. The minimum atomic E-state index is -0.520. The van der Waals surface area contributed by atoms with E-state index in [0.29, 0.717) is 38.8 Å². The number of likely N-dealkylation sites (tertiary alicyclic amines) is 1. The molecule has 0 saturated carbocycles. The highest BCUT2D eigenvalue weighted by Crippen LogP contribution is 2.16. The Bertz CT molecular complexity index is 528. The van der Waals surface area contributed by atoms with E-state index in [2.05, 4.69) is 5.32 Å². The summed E-state index contributed by atoms with van der Waals surface area (Å²) in [5.74, 6) is -0.327. The van der Waals surface area contributed by atoms with Crippen LogP contribution in [0.1, 0.15) is 67.2 Å². The van der Waals surface area contributed by atoms with Crippen molar-refractivity contribution in [1.82, 2.24) is 10.2 Å². The monoisotopic (exact) mass is 400 g/mol. The highest BCUT2D eigenvalue weighted by atomic mass is 16.6. The molecule has 0 spiro atoms. The molecular weight excluding hydrogens is 364 g/mol. The van der Waals surface area contributed by atoms with Crippen LogP contribution in [0.5, 0.6) is 0 Å². The number of ether oxygens (including phenoxy) is 3. The summed E-state index contributed by atoms with van der Waals surface area (Å²) in [6, 6.07) is 0. The molecule has 162 valence electrons. The number of amides is 2. The van der Waals surface area contributed by atoms with Gasteiger partial charge in [-0.3, -0.25) is 4.79 Å². The predicted octanol–water partition coefficient (Wildman–Crippen LogP) is 2.64. The van der Waals surface area contributed by atoms with Crippen LogP contribution in [0.3, 0.4) is 0 Å². The number of rotatable bonds is 7. The summed E-state index contributed by atoms with van der Waals surface area (Å²) in [7, 11) is 0. The van der Waals surface area contributed by atoms with Gasteiger partial charge in [0.1, 0.15) is 12.2 Å². The second-order valence-corrected chi connectivity index (χ2v) is 9.09. The van der Waals surface area contributed by atoms with Crippen LogP contribution < -0.4 is 5.32 Å². The van der Waals surface area contributed by atoms with Gasteiger partial charge in [0.05, 0.1) is 12.7 Å². The first-order valence-corrected chi connectivity index (χ1v) is 9.92. The van der Waals surface area contributed by atoms with Crippen LogP contribution in [-0.4, -0.2) is 66.4 Å². The van der Waals surface area contributed by atoms with Crippen molar-refractivity contribution in [2.75, 3.05) is 26.3 Å². The fourth-order valence-electron chi connectivity index (χ4n) is 2.72. The number of nitrogens with one attached hydrogen (secondary N) is 1. The fraction of sp³-hybridized carbons (Fsp3) is 0.850. The lowest BCUT2D eigenvalue weighted by atomic mass is 10.1. The van der Waals surface area contributed by atoms with E-state index in [9.17, 15) is 14.4 Å². The number of carbonyl (C=O) groups excluding carboxylic acids is 3. The van der Waals surface area contributed by atoms with E-state index in [0.717, 1.165) is 0 Å². The molecule has 8 heteroatoms. The molecule has 1 N–H and O–H groups in total. The molecule has 8 nitrogen and oxygen atoms in total. The fourth-order valence-corrected chi connectivity index (χ4v) is 2.72. The van der Waals surface area contributed by atoms with Crippen molar-refractivity contribution in [1.29, 1.82) is 0 Å². The molecule has 0 aliphatic carbocycles. The Morgan fingerprint density at radius 3 is 2.18 bits per heavy atom. The molecule has 28 heavy (non-hydrogen) atoms. The molecule has 1 heterocycles. The van der Waals surface area contributed by atoms with E-state index in [1.165, 1.54) is 0 Å². The molecular formula is C20H36N2O6. The highest BCUT2D eigenvalue weighted by Gasteiger charge is 2.24. The third-order valence-corrected chi connectivity index (χ3v) is 3.90. The maximum atomic E-state index is 12.3. The highest BCUT2D eigenvalue weighted by molar-refractivity contribution is 5.76. The van der Waals surface area contributed by atoms with Gasteiger partial charge in [-0.1, -0.05) is 0 Å². The SMILES string of the molecule is CC(C)(C)NC(=O)OCCCC(=O)N1CCC(OCC(=O)OC(C)(C)C)CC1. The first-order valence-electron chi connectivity index (χ1n) is 9.92. The standard InChI is InChI=1S/C20H36N2O6/c1-19(2,3)21-18(25)26-13-7-8-16(23)22-11-9-15(10-12-22)27-14-17(24)28-20(4,5)6/h15H,7-14H2,1-6H3,(H,21,25). The summed E-state index contributed by atoms with van der Waals surface area (Å²) in [4.78, 5) is 37.3. The van der Waals surface area contributed by atoms with Crippen LogP contribution in [0.15, 0.2) is 0 Å². The third-order valence-electron chi connectivity index (χ3n) is 3.90. The lowest BCUT2D eigenvalue weighted by molar-refractivity contribution is -0.163. The van der Waals surface area contributed by atoms with Gasteiger partial charge >= 0.3 is 12.1 Å². The van der Waals surface area contributed by atoms with Crippen molar-refractivity contribution in [3.63, 3.8) is 0 Å². The van der Waals surface area contributed by atoms with Crippen LogP contribution in [-0.2, 0) is 23.8 Å². The van der Waals surface area contributed by atoms with Gasteiger partial charge < -0.3 is 24.4 Å². The molecule has 0 bridgehead atoms. The molecule has 0 aromatic rings. The van der Waals surface area contributed by atoms with E-state index < -0.39 is 11.7 Å². The Labute approximate surface area is 168 Å². The molecule has 1 saturated heterocycles. The molecule has 2 amide bonds. The molecule has 0 aromatic heterocycles. The molecule has 1 aliphatic heterocycles. The zero-order valence-electron chi connectivity index (χ0n) is 18.1. The molecule has 1 rings (SSSR count). The Morgan fingerprint density at radius 2 is 1.64 bits per heavy atom. The van der Waals surface area contributed by atoms with Crippen molar-refractivity contribution in [2.24, 2.45) is 0 Å². The zero-order chi connectivity index (χ0) is 21.4. The summed E-state index contributed by atoms with van der Waals surface area (Å²) in [6.07, 6.45) is 1.71. The molecule has 0 atom stereocenters. The molecule has 1 fully saturated rings. The minimum Gasteiger partial charge on any atom is -0.458 e. The Balaban J connectivity index is 2.17. The number of carbonyl (C=O) groups is 3. The van der Waals surface area contributed by atoms with Gasteiger partial charge in [0.25, 0.3) is 0 Å². The summed E-state index contributed by atoms with van der Waals surface area (Å²) in [5.41, 5.74) is -0.865.